The van der Waals surface area contributed by atoms with Gasteiger partial charge in [0.1, 0.15) is 18.2 Å². The molecule has 0 saturated heterocycles. The average Bonchev–Trinajstić information content (AvgIpc) is 2.90. The molecule has 0 spiro atoms. The summed E-state index contributed by atoms with van der Waals surface area (Å²) >= 11 is 0. The lowest BCUT2D eigenvalue weighted by atomic mass is 10.2. The van der Waals surface area contributed by atoms with Crippen LogP contribution < -0.4 is 4.74 Å². The van der Waals surface area contributed by atoms with Crippen LogP contribution in [-0.2, 0) is 12.8 Å². The first kappa shape index (κ1) is 16.4. The van der Waals surface area contributed by atoms with Crippen molar-refractivity contribution in [2.75, 3.05) is 0 Å². The third-order valence-corrected chi connectivity index (χ3v) is 3.72. The number of benzene rings is 2. The van der Waals surface area contributed by atoms with Crippen molar-refractivity contribution in [1.29, 1.82) is 0 Å². The molecule has 6 heteroatoms. The maximum absolute atomic E-state index is 12.9. The Bertz CT molecular complexity index is 839. The van der Waals surface area contributed by atoms with Crippen LogP contribution in [0.5, 0.6) is 5.75 Å². The van der Waals surface area contributed by atoms with Crippen molar-refractivity contribution in [3.05, 3.63) is 59.9 Å². The lowest BCUT2D eigenvalue weighted by Gasteiger charge is -2.14. The predicted molar refractivity (Wildman–Crippen MR) is 85.9 cm³/mol. The Morgan fingerprint density at radius 3 is 2.42 bits per heavy atom. The van der Waals surface area contributed by atoms with Crippen molar-refractivity contribution in [1.82, 2.24) is 9.55 Å². The van der Waals surface area contributed by atoms with E-state index in [4.69, 9.17) is 4.74 Å². The number of aromatic nitrogens is 2. The van der Waals surface area contributed by atoms with Gasteiger partial charge in [0.25, 0.3) is 0 Å². The van der Waals surface area contributed by atoms with Crippen molar-refractivity contribution in [3.8, 4) is 5.75 Å². The molecular weight excluding hydrogens is 317 g/mol. The minimum atomic E-state index is -4.38. The van der Waals surface area contributed by atoms with Crippen LogP contribution in [0.25, 0.3) is 11.0 Å². The Kier molecular flexibility index (Phi) is 4.22. The van der Waals surface area contributed by atoms with Crippen LogP contribution in [0.2, 0.25) is 0 Å². The number of alkyl halides is 3. The molecule has 0 bridgehead atoms. The first-order valence-electron chi connectivity index (χ1n) is 7.62. The maximum atomic E-state index is 12.9. The van der Waals surface area contributed by atoms with Gasteiger partial charge in [-0.1, -0.05) is 18.2 Å². The number of nitrogens with zero attached hydrogens (tertiary/aromatic N) is 2. The third-order valence-electron chi connectivity index (χ3n) is 3.72. The number of hydrogen-bond acceptors (Lipinski definition) is 2. The highest BCUT2D eigenvalue weighted by Crippen LogP contribution is 2.32. The van der Waals surface area contributed by atoms with Crippen LogP contribution in [0, 0.1) is 0 Å². The lowest BCUT2D eigenvalue weighted by molar-refractivity contribution is -0.137. The fraction of sp³-hybridized carbons (Fsp3) is 0.278. The molecule has 126 valence electrons. The molecule has 0 fully saturated rings. The molecule has 3 rings (SSSR count). The summed E-state index contributed by atoms with van der Waals surface area (Å²) in [6, 6.07) is 12.9. The van der Waals surface area contributed by atoms with Gasteiger partial charge in [-0.3, -0.25) is 0 Å². The van der Waals surface area contributed by atoms with Gasteiger partial charge in [-0.15, -0.1) is 0 Å². The molecule has 0 unspecified atom stereocenters. The highest BCUT2D eigenvalue weighted by molar-refractivity contribution is 5.77. The number of hydrogen-bond donors (Lipinski definition) is 0. The molecule has 0 saturated carbocycles. The van der Waals surface area contributed by atoms with Gasteiger partial charge in [0.05, 0.1) is 16.6 Å². The van der Waals surface area contributed by atoms with Crippen LogP contribution in [0.4, 0.5) is 13.2 Å². The van der Waals surface area contributed by atoms with Crippen molar-refractivity contribution < 1.29 is 17.9 Å². The number of fused-ring (bicyclic) bond motifs is 1. The van der Waals surface area contributed by atoms with Gasteiger partial charge in [0.2, 0.25) is 0 Å². The Balaban J connectivity index is 1.98. The second-order valence-electron chi connectivity index (χ2n) is 5.79. The van der Waals surface area contributed by atoms with E-state index in [0.29, 0.717) is 22.6 Å². The highest BCUT2D eigenvalue weighted by atomic mass is 19.4. The van der Waals surface area contributed by atoms with E-state index in [0.717, 1.165) is 12.1 Å². The zero-order valence-corrected chi connectivity index (χ0v) is 13.3. The minimum Gasteiger partial charge on any atom is -0.486 e. The number of ether oxygens (including phenoxy) is 1. The van der Waals surface area contributed by atoms with Gasteiger partial charge in [-0.25, -0.2) is 4.98 Å². The average molecular weight is 334 g/mol. The van der Waals surface area contributed by atoms with E-state index in [-0.39, 0.29) is 12.6 Å². The summed E-state index contributed by atoms with van der Waals surface area (Å²) in [6.45, 7) is 4.12. The van der Waals surface area contributed by atoms with Crippen molar-refractivity contribution in [2.45, 2.75) is 32.7 Å². The number of halogens is 3. The molecule has 1 heterocycles. The standard InChI is InChI=1S/C18H17F3N2O/c1-12(2)23-16-9-8-13(18(19,20)21)10-15(16)22-17(23)11-24-14-6-4-3-5-7-14/h3-10,12H,11H2,1-2H3. The molecule has 0 amide bonds. The summed E-state index contributed by atoms with van der Waals surface area (Å²) in [7, 11) is 0. The third kappa shape index (κ3) is 3.22. The van der Waals surface area contributed by atoms with Crippen LogP contribution >= 0.6 is 0 Å². The summed E-state index contributed by atoms with van der Waals surface area (Å²) in [6.07, 6.45) is -4.38. The Morgan fingerprint density at radius 2 is 1.79 bits per heavy atom. The fourth-order valence-corrected chi connectivity index (χ4v) is 2.67. The van der Waals surface area contributed by atoms with Gasteiger partial charge in [0, 0.05) is 6.04 Å². The molecule has 2 aromatic carbocycles. The summed E-state index contributed by atoms with van der Waals surface area (Å²) in [4.78, 5) is 4.36. The molecule has 24 heavy (non-hydrogen) atoms. The molecule has 0 aliphatic heterocycles. The van der Waals surface area contributed by atoms with E-state index in [1.54, 1.807) is 0 Å². The molecule has 3 nitrogen and oxygen atoms in total. The Morgan fingerprint density at radius 1 is 1.08 bits per heavy atom. The van der Waals surface area contributed by atoms with E-state index < -0.39 is 11.7 Å². The smallest absolute Gasteiger partial charge is 0.416 e. The van der Waals surface area contributed by atoms with E-state index >= 15 is 0 Å². The molecule has 0 aliphatic carbocycles. The molecule has 1 aromatic heterocycles. The second-order valence-corrected chi connectivity index (χ2v) is 5.79. The Hall–Kier alpha value is -2.50. The second kappa shape index (κ2) is 6.19. The van der Waals surface area contributed by atoms with Crippen LogP contribution in [0.1, 0.15) is 31.3 Å². The van der Waals surface area contributed by atoms with Gasteiger partial charge < -0.3 is 9.30 Å². The SMILES string of the molecule is CC(C)n1c(COc2ccccc2)nc2cc(C(F)(F)F)ccc21. The molecule has 0 aliphatic rings. The normalized spacial score (nSPS) is 12.1. The Labute approximate surface area is 137 Å². The molecule has 0 N–H and O–H groups in total. The number of para-hydroxylation sites is 1. The first-order chi connectivity index (χ1) is 11.4. The largest absolute Gasteiger partial charge is 0.486 e. The summed E-state index contributed by atoms with van der Waals surface area (Å²) in [5.41, 5.74) is 0.300. The van der Waals surface area contributed by atoms with E-state index in [9.17, 15) is 13.2 Å². The fourth-order valence-electron chi connectivity index (χ4n) is 2.67. The van der Waals surface area contributed by atoms with E-state index in [1.165, 1.54) is 6.07 Å². The maximum Gasteiger partial charge on any atom is 0.416 e. The molecule has 3 aromatic rings. The highest BCUT2D eigenvalue weighted by Gasteiger charge is 2.31. The van der Waals surface area contributed by atoms with Gasteiger partial charge in [0.15, 0.2) is 0 Å². The zero-order valence-electron chi connectivity index (χ0n) is 13.3. The quantitative estimate of drug-likeness (QED) is 0.654. The van der Waals surface area contributed by atoms with Crippen LogP contribution in [-0.4, -0.2) is 9.55 Å². The summed E-state index contributed by atoms with van der Waals surface area (Å²) in [5.74, 6) is 1.29. The molecule has 0 radical (unpaired) electrons. The van der Waals surface area contributed by atoms with Crippen LogP contribution in [0.3, 0.4) is 0 Å². The van der Waals surface area contributed by atoms with Crippen molar-refractivity contribution in [3.63, 3.8) is 0 Å². The first-order valence-corrected chi connectivity index (χ1v) is 7.62. The summed E-state index contributed by atoms with van der Waals surface area (Å²) < 4.78 is 46.3. The number of imidazole rings is 1. The number of rotatable bonds is 4. The minimum absolute atomic E-state index is 0.0566. The van der Waals surface area contributed by atoms with Gasteiger partial charge in [-0.2, -0.15) is 13.2 Å². The van der Waals surface area contributed by atoms with E-state index in [1.807, 2.05) is 48.7 Å². The predicted octanol–water partition coefficient (Wildman–Crippen LogP) is 5.22. The van der Waals surface area contributed by atoms with Crippen LogP contribution in [0.15, 0.2) is 48.5 Å². The van der Waals surface area contributed by atoms with Crippen molar-refractivity contribution in [2.24, 2.45) is 0 Å². The van der Waals surface area contributed by atoms with Gasteiger partial charge in [-0.05, 0) is 44.2 Å². The lowest BCUT2D eigenvalue weighted by Crippen LogP contribution is -2.09. The summed E-state index contributed by atoms with van der Waals surface area (Å²) in [5, 5.41) is 0. The molecular formula is C18H17F3N2O. The molecule has 0 atom stereocenters. The van der Waals surface area contributed by atoms with Gasteiger partial charge >= 0.3 is 6.18 Å². The monoisotopic (exact) mass is 334 g/mol. The van der Waals surface area contributed by atoms with Crippen molar-refractivity contribution >= 4 is 11.0 Å². The topological polar surface area (TPSA) is 27.1 Å². The van der Waals surface area contributed by atoms with E-state index in [2.05, 4.69) is 4.98 Å². The zero-order chi connectivity index (χ0) is 17.3.